The molecule has 3 aromatic rings. The lowest BCUT2D eigenvalue weighted by molar-refractivity contribution is -0.394. The van der Waals surface area contributed by atoms with E-state index < -0.39 is 39.1 Å². The molecule has 0 unspecified atom stereocenters. The molecule has 0 atom stereocenters. The van der Waals surface area contributed by atoms with E-state index >= 15 is 0 Å². The second-order valence-electron chi connectivity index (χ2n) is 7.74. The van der Waals surface area contributed by atoms with Gasteiger partial charge in [-0.25, -0.2) is 9.69 Å². The highest BCUT2D eigenvalue weighted by atomic mass is 127. The van der Waals surface area contributed by atoms with Gasteiger partial charge in [0.25, 0.3) is 17.5 Å². The number of benzene rings is 3. The smallest absolute Gasteiger partial charge is 0.335 e. The quantitative estimate of drug-likeness (QED) is 0.117. The van der Waals surface area contributed by atoms with E-state index in [0.29, 0.717) is 14.2 Å². The standard InChI is InChI=1S/C24H14ClIN4O9/c1-38-20-10-12(8-16-22(31)27-24(33)28(23(16)32)14-4-2-13(25)3-5-14)9-17(26)21(20)39-19-7-6-15(29(34)35)11-18(19)30(36)37/h2-11H,1H3,(H,27,31,33)/b16-8-. The van der Waals surface area contributed by atoms with Gasteiger partial charge >= 0.3 is 11.7 Å². The van der Waals surface area contributed by atoms with Gasteiger partial charge in [0.15, 0.2) is 11.5 Å². The van der Waals surface area contributed by atoms with Crippen LogP contribution in [0.1, 0.15) is 5.56 Å². The Kier molecular flexibility index (Phi) is 7.78. The number of imide groups is 2. The summed E-state index contributed by atoms with van der Waals surface area (Å²) < 4.78 is 11.4. The maximum atomic E-state index is 13.1. The van der Waals surface area contributed by atoms with Gasteiger partial charge in [0.2, 0.25) is 5.75 Å². The molecule has 0 bridgehead atoms. The molecular formula is C24H14ClIN4O9. The number of nitrogens with one attached hydrogen (secondary N) is 1. The Morgan fingerprint density at radius 2 is 1.67 bits per heavy atom. The van der Waals surface area contributed by atoms with E-state index in [1.807, 2.05) is 22.6 Å². The lowest BCUT2D eigenvalue weighted by Crippen LogP contribution is -2.54. The van der Waals surface area contributed by atoms with Crippen LogP contribution in [0.5, 0.6) is 17.2 Å². The Morgan fingerprint density at radius 3 is 2.28 bits per heavy atom. The molecule has 4 amide bonds. The van der Waals surface area contributed by atoms with E-state index in [-0.39, 0.29) is 28.5 Å². The third kappa shape index (κ3) is 5.65. The molecule has 1 N–H and O–H groups in total. The predicted octanol–water partition coefficient (Wildman–Crippen LogP) is 5.23. The number of non-ortho nitro benzene ring substituents is 1. The van der Waals surface area contributed by atoms with Crippen molar-refractivity contribution in [1.29, 1.82) is 0 Å². The van der Waals surface area contributed by atoms with Gasteiger partial charge in [-0.1, -0.05) is 11.6 Å². The minimum Gasteiger partial charge on any atom is -0.493 e. The Morgan fingerprint density at radius 1 is 0.974 bits per heavy atom. The first-order chi connectivity index (χ1) is 18.5. The minimum atomic E-state index is -0.926. The Bertz CT molecular complexity index is 1590. The van der Waals surface area contributed by atoms with Crippen LogP contribution in [-0.4, -0.2) is 34.8 Å². The molecule has 0 saturated carbocycles. The molecular weight excluding hydrogens is 651 g/mol. The number of nitro groups is 2. The number of hydrogen-bond donors (Lipinski definition) is 1. The molecule has 39 heavy (non-hydrogen) atoms. The van der Waals surface area contributed by atoms with Crippen molar-refractivity contribution in [2.24, 2.45) is 0 Å². The highest BCUT2D eigenvalue weighted by Crippen LogP contribution is 2.41. The van der Waals surface area contributed by atoms with Crippen LogP contribution in [0.4, 0.5) is 21.9 Å². The molecule has 0 aliphatic carbocycles. The van der Waals surface area contributed by atoms with Crippen molar-refractivity contribution in [1.82, 2.24) is 5.32 Å². The van der Waals surface area contributed by atoms with Gasteiger partial charge in [-0.3, -0.25) is 35.1 Å². The van der Waals surface area contributed by atoms with Crippen molar-refractivity contribution in [3.8, 4) is 17.2 Å². The van der Waals surface area contributed by atoms with Crippen molar-refractivity contribution < 1.29 is 33.7 Å². The molecule has 1 fully saturated rings. The molecule has 3 aromatic carbocycles. The number of methoxy groups -OCH3 is 1. The van der Waals surface area contributed by atoms with E-state index in [1.54, 1.807) is 0 Å². The van der Waals surface area contributed by atoms with Gasteiger partial charge in [0.05, 0.1) is 32.3 Å². The third-order valence-electron chi connectivity index (χ3n) is 5.31. The van der Waals surface area contributed by atoms with E-state index in [1.165, 1.54) is 49.6 Å². The Labute approximate surface area is 237 Å². The Hall–Kier alpha value is -4.57. The first kappa shape index (κ1) is 27.5. The lowest BCUT2D eigenvalue weighted by atomic mass is 10.1. The van der Waals surface area contributed by atoms with Gasteiger partial charge < -0.3 is 9.47 Å². The summed E-state index contributed by atoms with van der Waals surface area (Å²) in [6, 6.07) is 10.8. The SMILES string of the molecule is COc1cc(/C=C2/C(=O)NC(=O)N(c3ccc(Cl)cc3)C2=O)cc(I)c1Oc1ccc([N+](=O)[O-])cc1[N+](=O)[O-]. The van der Waals surface area contributed by atoms with E-state index in [4.69, 9.17) is 21.1 Å². The summed E-state index contributed by atoms with van der Waals surface area (Å²) in [6.07, 6.45) is 1.25. The summed E-state index contributed by atoms with van der Waals surface area (Å²) in [5, 5.41) is 25.0. The maximum Gasteiger partial charge on any atom is 0.335 e. The molecule has 198 valence electrons. The number of amides is 4. The number of nitrogens with zero attached hydrogens (tertiary/aromatic N) is 3. The molecule has 0 radical (unpaired) electrons. The first-order valence-electron chi connectivity index (χ1n) is 10.7. The monoisotopic (exact) mass is 664 g/mol. The lowest BCUT2D eigenvalue weighted by Gasteiger charge is -2.26. The van der Waals surface area contributed by atoms with E-state index in [0.717, 1.165) is 23.1 Å². The maximum absolute atomic E-state index is 13.1. The number of hydrogen-bond acceptors (Lipinski definition) is 9. The molecule has 13 nitrogen and oxygen atoms in total. The van der Waals surface area contributed by atoms with Crippen LogP contribution in [0.25, 0.3) is 6.08 Å². The fourth-order valence-corrected chi connectivity index (χ4v) is 4.39. The normalized spacial score (nSPS) is 14.3. The zero-order valence-corrected chi connectivity index (χ0v) is 22.5. The second-order valence-corrected chi connectivity index (χ2v) is 9.34. The van der Waals surface area contributed by atoms with Crippen molar-refractivity contribution in [3.05, 3.63) is 94.6 Å². The summed E-state index contributed by atoms with van der Waals surface area (Å²) in [7, 11) is 1.30. The summed E-state index contributed by atoms with van der Waals surface area (Å²) in [5.74, 6) is -1.93. The average molecular weight is 665 g/mol. The minimum absolute atomic E-state index is 0.0505. The first-order valence-corrected chi connectivity index (χ1v) is 12.1. The molecule has 0 aromatic heterocycles. The van der Waals surface area contributed by atoms with Crippen molar-refractivity contribution in [2.75, 3.05) is 12.0 Å². The van der Waals surface area contributed by atoms with Crippen LogP contribution in [0, 0.1) is 23.8 Å². The number of anilines is 1. The summed E-state index contributed by atoms with van der Waals surface area (Å²) in [5.41, 5.74) is -0.961. The van der Waals surface area contributed by atoms with Gasteiger partial charge in [0.1, 0.15) is 5.57 Å². The van der Waals surface area contributed by atoms with Gasteiger partial charge in [-0.15, -0.1) is 0 Å². The predicted molar refractivity (Wildman–Crippen MR) is 146 cm³/mol. The highest BCUT2D eigenvalue weighted by Gasteiger charge is 2.37. The van der Waals surface area contributed by atoms with Crippen LogP contribution in [-0.2, 0) is 9.59 Å². The van der Waals surface area contributed by atoms with Crippen LogP contribution in [0.15, 0.2) is 60.2 Å². The number of barbiturate groups is 1. The summed E-state index contributed by atoms with van der Waals surface area (Å²) in [6.45, 7) is 0. The fraction of sp³-hybridized carbons (Fsp3) is 0.0417. The summed E-state index contributed by atoms with van der Waals surface area (Å²) >= 11 is 7.74. The van der Waals surface area contributed by atoms with Crippen LogP contribution >= 0.6 is 34.2 Å². The molecule has 1 aliphatic rings. The van der Waals surface area contributed by atoms with Gasteiger partial charge in [0, 0.05) is 11.1 Å². The zero-order valence-electron chi connectivity index (χ0n) is 19.5. The van der Waals surface area contributed by atoms with Crippen LogP contribution < -0.4 is 19.7 Å². The van der Waals surface area contributed by atoms with E-state index in [2.05, 4.69) is 5.32 Å². The van der Waals surface area contributed by atoms with Crippen LogP contribution in [0.2, 0.25) is 5.02 Å². The molecule has 1 saturated heterocycles. The molecule has 1 aliphatic heterocycles. The van der Waals surface area contributed by atoms with Crippen molar-refractivity contribution >= 4 is 75.2 Å². The number of carbonyl (C=O) groups is 3. The van der Waals surface area contributed by atoms with E-state index in [9.17, 15) is 34.6 Å². The number of nitro benzene ring substituents is 2. The molecule has 1 heterocycles. The number of urea groups is 1. The van der Waals surface area contributed by atoms with Gasteiger partial charge in [-0.2, -0.15) is 0 Å². The van der Waals surface area contributed by atoms with Gasteiger partial charge in [-0.05, 0) is 76.7 Å². The topological polar surface area (TPSA) is 171 Å². The fourth-order valence-electron chi connectivity index (χ4n) is 3.53. The molecule has 0 spiro atoms. The Balaban J connectivity index is 1.71. The number of rotatable bonds is 7. The zero-order chi connectivity index (χ0) is 28.4. The number of ether oxygens (including phenoxy) is 2. The number of carbonyl (C=O) groups excluding carboxylic acids is 3. The third-order valence-corrected chi connectivity index (χ3v) is 6.36. The molecule has 4 rings (SSSR count). The average Bonchev–Trinajstić information content (AvgIpc) is 2.88. The summed E-state index contributed by atoms with van der Waals surface area (Å²) in [4.78, 5) is 59.8. The highest BCUT2D eigenvalue weighted by molar-refractivity contribution is 14.1. The van der Waals surface area contributed by atoms with Crippen molar-refractivity contribution in [2.45, 2.75) is 0 Å². The molecule has 15 heteroatoms. The largest absolute Gasteiger partial charge is 0.493 e. The van der Waals surface area contributed by atoms with Crippen LogP contribution in [0.3, 0.4) is 0 Å². The van der Waals surface area contributed by atoms with Crippen molar-refractivity contribution in [3.63, 3.8) is 0 Å². The number of halogens is 2. The second kappa shape index (κ2) is 11.0.